The van der Waals surface area contributed by atoms with Gasteiger partial charge in [0, 0.05) is 0 Å². The summed E-state index contributed by atoms with van der Waals surface area (Å²) < 4.78 is 67.8. The molecule has 24 heavy (non-hydrogen) atoms. The van der Waals surface area contributed by atoms with Crippen LogP contribution >= 0.6 is 0 Å². The van der Waals surface area contributed by atoms with Crippen LogP contribution in [0.15, 0.2) is 0 Å². The molecule has 0 N–H and O–H groups in total. The van der Waals surface area contributed by atoms with Gasteiger partial charge < -0.3 is 4.23 Å². The maximum Gasteiger partial charge on any atom is 0.463 e. The lowest BCUT2D eigenvalue weighted by Gasteiger charge is -2.53. The maximum atomic E-state index is 14.0. The van der Waals surface area contributed by atoms with Crippen LogP contribution < -0.4 is 0 Å². The van der Waals surface area contributed by atoms with Crippen molar-refractivity contribution in [1.82, 2.24) is 4.23 Å². The highest BCUT2D eigenvalue weighted by Gasteiger charge is 2.67. The van der Waals surface area contributed by atoms with E-state index < -0.39 is 34.5 Å². The van der Waals surface area contributed by atoms with Crippen LogP contribution in [0.2, 0.25) is 36.3 Å². The first-order chi connectivity index (χ1) is 10.9. The van der Waals surface area contributed by atoms with Gasteiger partial charge in [0.15, 0.2) is 0 Å². The van der Waals surface area contributed by atoms with Crippen LogP contribution in [-0.4, -0.2) is 38.7 Å². The topological polar surface area (TPSA) is 20.3 Å². The Morgan fingerprint density at radius 3 is 1.12 bits per heavy atom. The maximum absolute atomic E-state index is 14.0. The highest BCUT2D eigenvalue weighted by molar-refractivity contribution is 6.95. The summed E-state index contributed by atoms with van der Waals surface area (Å²) in [6.07, 6.45) is -5.85. The fourth-order valence-corrected chi connectivity index (χ4v) is 16.6. The highest BCUT2D eigenvalue weighted by atomic mass is 28.4. The van der Waals surface area contributed by atoms with Gasteiger partial charge in [0.1, 0.15) is 16.5 Å². The predicted molar refractivity (Wildman–Crippen MR) is 92.2 cm³/mol. The molecular weight excluding hydrogens is 361 g/mol. The monoisotopic (exact) mass is 391 g/mol. The summed E-state index contributed by atoms with van der Waals surface area (Å²) in [5.74, 6) is -7.31. The zero-order valence-electron chi connectivity index (χ0n) is 15.5. The van der Waals surface area contributed by atoms with Gasteiger partial charge in [-0.2, -0.15) is 22.0 Å². The van der Waals surface area contributed by atoms with E-state index in [1.54, 1.807) is 0 Å². The summed E-state index contributed by atoms with van der Waals surface area (Å²) in [5.41, 5.74) is 0. The van der Waals surface area contributed by atoms with E-state index in [0.29, 0.717) is 36.3 Å². The molecule has 2 nitrogen and oxygen atoms in total. The summed E-state index contributed by atoms with van der Waals surface area (Å²) in [5, 5.41) is 0. The third kappa shape index (κ3) is 3.86. The van der Waals surface area contributed by atoms with Crippen LogP contribution in [0, 0.1) is 0 Å². The van der Waals surface area contributed by atoms with Crippen LogP contribution in [0.4, 0.5) is 22.0 Å². The number of rotatable bonds is 9. The Kier molecular flexibility index (Phi) is 8.13. The molecule has 0 spiro atoms. The summed E-state index contributed by atoms with van der Waals surface area (Å²) in [6, 6.07) is 2.97. The molecule has 0 aromatic rings. The second kappa shape index (κ2) is 8.29. The molecule has 0 saturated heterocycles. The average molecular weight is 392 g/mol. The van der Waals surface area contributed by atoms with Crippen molar-refractivity contribution in [3.8, 4) is 0 Å². The Bertz CT molecular complexity index is 384. The molecule has 1 amide bonds. The van der Waals surface area contributed by atoms with E-state index in [0.717, 1.165) is 0 Å². The molecule has 9 heteroatoms. The molecule has 144 valence electrons. The first-order valence-corrected chi connectivity index (χ1v) is 13.8. The lowest BCUT2D eigenvalue weighted by molar-refractivity contribution is -0.271. The smallest absolute Gasteiger partial charge is 0.389 e. The number of hydrogen-bond acceptors (Lipinski definition) is 1. The third-order valence-corrected chi connectivity index (χ3v) is 18.8. The van der Waals surface area contributed by atoms with Crippen LogP contribution in [0.3, 0.4) is 0 Å². The van der Waals surface area contributed by atoms with Crippen LogP contribution in [-0.2, 0) is 4.79 Å². The Hall–Kier alpha value is -0.446. The van der Waals surface area contributed by atoms with E-state index in [-0.39, 0.29) is 0 Å². The van der Waals surface area contributed by atoms with E-state index in [2.05, 4.69) is 0 Å². The molecule has 0 fully saturated rings. The second-order valence-corrected chi connectivity index (χ2v) is 16.8. The molecule has 0 rings (SSSR count). The van der Waals surface area contributed by atoms with Gasteiger partial charge in [0.05, 0.1) is 0 Å². The average Bonchev–Trinajstić information content (AvgIpc) is 2.55. The fourth-order valence-electron chi connectivity index (χ4n) is 3.64. The number of hydrogen-bond donors (Lipinski definition) is 0. The van der Waals surface area contributed by atoms with E-state index in [4.69, 9.17) is 0 Å². The molecule has 0 bridgehead atoms. The lowest BCUT2D eigenvalue weighted by Crippen LogP contribution is -2.72. The normalized spacial score (nSPS) is 14.0. The number of amides is 1. The number of alkyl halides is 5. The molecule has 0 heterocycles. The summed E-state index contributed by atoms with van der Waals surface area (Å²) in [4.78, 5) is 12.6. The number of carbonyl (C=O) groups is 1. The molecule has 0 aliphatic carbocycles. The Morgan fingerprint density at radius 2 is 0.958 bits per heavy atom. The second-order valence-electron chi connectivity index (χ2n) is 6.28. The Balaban J connectivity index is 6.52. The molecular formula is C15H30F5NOSi2. The van der Waals surface area contributed by atoms with E-state index >= 15 is 0 Å². The minimum atomic E-state index is -5.85. The molecule has 0 saturated carbocycles. The minimum absolute atomic E-state index is 0.494. The van der Waals surface area contributed by atoms with Gasteiger partial charge in [-0.15, -0.1) is 0 Å². The standard InChI is InChI=1S/C15H30F5NOSi2/c1-7-23(8-2,9-3)21(24(10-4,11-5)12-6)13(22)14(16,17)15(18,19)20/h7-12H2,1-6H3. The van der Waals surface area contributed by atoms with Crippen molar-refractivity contribution < 1.29 is 26.7 Å². The van der Waals surface area contributed by atoms with Gasteiger partial charge in [-0.1, -0.05) is 41.5 Å². The molecule has 0 aromatic carbocycles. The van der Waals surface area contributed by atoms with Gasteiger partial charge in [0.2, 0.25) is 0 Å². The summed E-state index contributed by atoms with van der Waals surface area (Å²) in [7, 11) is -5.46. The van der Waals surface area contributed by atoms with Crippen molar-refractivity contribution in [1.29, 1.82) is 0 Å². The summed E-state index contributed by atoms with van der Waals surface area (Å²) in [6.45, 7) is 10.9. The predicted octanol–water partition coefficient (Wildman–Crippen LogP) is 6.02. The molecule has 0 aliphatic heterocycles. The number of carbonyl (C=O) groups excluding carboxylic acids is 1. The van der Waals surface area contributed by atoms with Crippen LogP contribution in [0.5, 0.6) is 0 Å². The Morgan fingerprint density at radius 1 is 0.708 bits per heavy atom. The van der Waals surface area contributed by atoms with Crippen LogP contribution in [0.1, 0.15) is 41.5 Å². The van der Waals surface area contributed by atoms with Crippen molar-refractivity contribution in [3.63, 3.8) is 0 Å². The minimum Gasteiger partial charge on any atom is -0.389 e. The van der Waals surface area contributed by atoms with Crippen LogP contribution in [0.25, 0.3) is 0 Å². The first-order valence-electron chi connectivity index (χ1n) is 8.68. The SMILES string of the molecule is CC[Si](CC)(CC)N(C(=O)C(F)(F)C(F)(F)F)[Si](CC)(CC)CC. The molecule has 0 aliphatic rings. The molecule has 0 unspecified atom stereocenters. The largest absolute Gasteiger partial charge is 0.463 e. The lowest BCUT2D eigenvalue weighted by atomic mass is 10.3. The number of halogens is 5. The quantitative estimate of drug-likeness (QED) is 0.347. The zero-order chi connectivity index (χ0) is 19.4. The highest BCUT2D eigenvalue weighted by Crippen LogP contribution is 2.43. The van der Waals surface area contributed by atoms with Crippen molar-refractivity contribution >= 4 is 22.4 Å². The van der Waals surface area contributed by atoms with Crippen molar-refractivity contribution in [2.24, 2.45) is 0 Å². The van der Waals surface area contributed by atoms with Gasteiger partial charge in [-0.05, 0) is 36.3 Å². The van der Waals surface area contributed by atoms with Crippen molar-refractivity contribution in [2.45, 2.75) is 89.9 Å². The van der Waals surface area contributed by atoms with Gasteiger partial charge in [-0.25, -0.2) is 0 Å². The van der Waals surface area contributed by atoms with Gasteiger partial charge in [0.25, 0.3) is 5.91 Å². The van der Waals surface area contributed by atoms with E-state index in [1.807, 2.05) is 41.5 Å². The first kappa shape index (κ1) is 23.6. The van der Waals surface area contributed by atoms with E-state index in [1.165, 1.54) is 4.23 Å². The molecule has 0 radical (unpaired) electrons. The Labute approximate surface area is 144 Å². The number of nitrogens with zero attached hydrogens (tertiary/aromatic N) is 1. The molecule has 0 aromatic heterocycles. The molecule has 0 atom stereocenters. The fraction of sp³-hybridized carbons (Fsp3) is 0.933. The third-order valence-electron chi connectivity index (χ3n) is 5.73. The van der Waals surface area contributed by atoms with Crippen molar-refractivity contribution in [2.75, 3.05) is 0 Å². The van der Waals surface area contributed by atoms with Crippen molar-refractivity contribution in [3.05, 3.63) is 0 Å². The van der Waals surface area contributed by atoms with E-state index in [9.17, 15) is 26.7 Å². The zero-order valence-corrected chi connectivity index (χ0v) is 17.5. The summed E-state index contributed by atoms with van der Waals surface area (Å²) >= 11 is 0. The van der Waals surface area contributed by atoms with Gasteiger partial charge >= 0.3 is 12.1 Å². The van der Waals surface area contributed by atoms with Gasteiger partial charge in [-0.3, -0.25) is 4.79 Å².